The maximum absolute atomic E-state index is 13.3. The lowest BCUT2D eigenvalue weighted by Gasteiger charge is -2.36. The van der Waals surface area contributed by atoms with E-state index in [-0.39, 0.29) is 25.5 Å². The largest absolute Gasteiger partial charge is 0.480 e. The first kappa shape index (κ1) is 23.5. The minimum atomic E-state index is -1.04. The number of esters is 1. The summed E-state index contributed by atoms with van der Waals surface area (Å²) >= 11 is 0. The van der Waals surface area contributed by atoms with Crippen molar-refractivity contribution < 1.29 is 24.2 Å². The van der Waals surface area contributed by atoms with Crippen LogP contribution >= 0.6 is 0 Å². The van der Waals surface area contributed by atoms with Gasteiger partial charge in [0.05, 0.1) is 12.6 Å². The van der Waals surface area contributed by atoms with E-state index in [1.807, 2.05) is 54.6 Å². The average Bonchev–Trinajstić information content (AvgIpc) is 2.80. The highest BCUT2D eigenvalue weighted by Gasteiger charge is 2.37. The summed E-state index contributed by atoms with van der Waals surface area (Å²) in [6, 6.07) is 15.0. The number of nitrogens with zero attached hydrogens (tertiary/aromatic N) is 1. The van der Waals surface area contributed by atoms with Crippen LogP contribution in [0.5, 0.6) is 0 Å². The average molecular weight is 439 g/mol. The number of fused-ring (bicyclic) bond motifs is 1. The Morgan fingerprint density at radius 1 is 1.09 bits per heavy atom. The molecule has 0 radical (unpaired) electrons. The van der Waals surface area contributed by atoms with Crippen molar-refractivity contribution in [2.45, 2.75) is 57.8 Å². The Morgan fingerprint density at radius 3 is 2.41 bits per heavy atom. The molecule has 7 heteroatoms. The van der Waals surface area contributed by atoms with Crippen LogP contribution in [-0.2, 0) is 38.5 Å². The summed E-state index contributed by atoms with van der Waals surface area (Å²) in [4.78, 5) is 39.1. The lowest BCUT2D eigenvalue weighted by atomic mass is 9.93. The topological polar surface area (TPSA) is 95.9 Å². The lowest BCUT2D eigenvalue weighted by molar-refractivity contribution is -0.153. The van der Waals surface area contributed by atoms with Gasteiger partial charge in [-0.25, -0.2) is 4.79 Å². The molecule has 7 nitrogen and oxygen atoms in total. The fraction of sp³-hybridized carbons (Fsp3) is 0.400. The number of carbonyl (C=O) groups excluding carboxylic acids is 2. The summed E-state index contributed by atoms with van der Waals surface area (Å²) in [5.41, 5.74) is 2.97. The predicted octanol–water partition coefficient (Wildman–Crippen LogP) is 2.57. The molecule has 0 saturated carbocycles. The highest BCUT2D eigenvalue weighted by molar-refractivity contribution is 5.88. The van der Waals surface area contributed by atoms with Crippen molar-refractivity contribution in [2.75, 3.05) is 6.61 Å². The number of carboxylic acid groups (broad SMARTS) is 1. The van der Waals surface area contributed by atoms with E-state index in [1.54, 1.807) is 13.8 Å². The molecule has 1 aliphatic rings. The van der Waals surface area contributed by atoms with Crippen LogP contribution in [0.4, 0.5) is 0 Å². The zero-order valence-corrected chi connectivity index (χ0v) is 18.5. The van der Waals surface area contributed by atoms with Crippen molar-refractivity contribution in [3.8, 4) is 0 Å². The molecule has 2 aromatic rings. The van der Waals surface area contributed by atoms with Gasteiger partial charge in [0, 0.05) is 13.0 Å². The van der Waals surface area contributed by atoms with Gasteiger partial charge in [-0.2, -0.15) is 0 Å². The molecule has 3 rings (SSSR count). The molecular formula is C25H30N2O5. The zero-order chi connectivity index (χ0) is 23.1. The van der Waals surface area contributed by atoms with Crippen molar-refractivity contribution in [3.05, 3.63) is 71.3 Å². The first-order chi connectivity index (χ1) is 15.4. The second-order valence-corrected chi connectivity index (χ2v) is 8.01. The van der Waals surface area contributed by atoms with E-state index < -0.39 is 30.1 Å². The quantitative estimate of drug-likeness (QED) is 0.584. The van der Waals surface area contributed by atoms with E-state index in [2.05, 4.69) is 5.32 Å². The van der Waals surface area contributed by atoms with Crippen LogP contribution in [0, 0.1) is 0 Å². The normalized spacial score (nSPS) is 17.2. The van der Waals surface area contributed by atoms with Crippen molar-refractivity contribution in [1.82, 2.24) is 10.2 Å². The van der Waals surface area contributed by atoms with E-state index in [1.165, 1.54) is 4.90 Å². The highest BCUT2D eigenvalue weighted by atomic mass is 16.5. The third-order valence-electron chi connectivity index (χ3n) is 5.77. The fourth-order valence-electron chi connectivity index (χ4n) is 4.06. The molecule has 0 saturated heterocycles. The molecule has 0 bridgehead atoms. The first-order valence-corrected chi connectivity index (χ1v) is 11.0. The van der Waals surface area contributed by atoms with Gasteiger partial charge in [0.15, 0.2) is 0 Å². The molecule has 2 unspecified atom stereocenters. The molecular weight excluding hydrogens is 408 g/mol. The Bertz CT molecular complexity index is 946. The molecule has 0 aromatic heterocycles. The molecule has 3 atom stereocenters. The molecule has 1 heterocycles. The van der Waals surface area contributed by atoms with Gasteiger partial charge in [0.2, 0.25) is 5.91 Å². The molecule has 32 heavy (non-hydrogen) atoms. The molecule has 0 aliphatic carbocycles. The van der Waals surface area contributed by atoms with Gasteiger partial charge in [-0.15, -0.1) is 0 Å². The zero-order valence-electron chi connectivity index (χ0n) is 18.5. The molecule has 0 spiro atoms. The van der Waals surface area contributed by atoms with Gasteiger partial charge in [-0.1, -0.05) is 54.6 Å². The summed E-state index contributed by atoms with van der Waals surface area (Å²) in [6.07, 6.45) is 1.37. The number of ether oxygens (including phenoxy) is 1. The standard InChI is InChI=1S/C25H30N2O5/c1-3-32-25(31)21(14-13-18-9-5-4-6-10-18)26-17(2)23(28)27-16-20-12-8-7-11-19(20)15-22(27)24(29)30/h4-12,17,21-22,26H,3,13-16H2,1-2H3,(H,29,30)/t17-,21?,22?/m1/s1. The van der Waals surface area contributed by atoms with Gasteiger partial charge in [-0.05, 0) is 43.4 Å². The smallest absolute Gasteiger partial charge is 0.326 e. The highest BCUT2D eigenvalue weighted by Crippen LogP contribution is 2.24. The molecule has 170 valence electrons. The van der Waals surface area contributed by atoms with Gasteiger partial charge in [0.1, 0.15) is 12.1 Å². The van der Waals surface area contributed by atoms with E-state index in [9.17, 15) is 19.5 Å². The number of amides is 1. The third kappa shape index (κ3) is 5.73. The molecule has 0 fully saturated rings. The van der Waals surface area contributed by atoms with Gasteiger partial charge in [-0.3, -0.25) is 14.9 Å². The van der Waals surface area contributed by atoms with Crippen LogP contribution in [0.25, 0.3) is 0 Å². The second kappa shape index (κ2) is 10.9. The number of carboxylic acids is 1. The van der Waals surface area contributed by atoms with Crippen molar-refractivity contribution >= 4 is 17.8 Å². The lowest BCUT2D eigenvalue weighted by Crippen LogP contribution is -2.56. The Morgan fingerprint density at radius 2 is 1.75 bits per heavy atom. The summed E-state index contributed by atoms with van der Waals surface area (Å²) in [5, 5.41) is 12.8. The Kier molecular flexibility index (Phi) is 8.00. The number of aliphatic carboxylic acids is 1. The maximum atomic E-state index is 13.3. The van der Waals surface area contributed by atoms with Gasteiger partial charge >= 0.3 is 11.9 Å². The number of rotatable bonds is 9. The van der Waals surface area contributed by atoms with E-state index >= 15 is 0 Å². The van der Waals surface area contributed by atoms with Crippen LogP contribution in [0.3, 0.4) is 0 Å². The maximum Gasteiger partial charge on any atom is 0.326 e. The Balaban J connectivity index is 1.72. The number of hydrogen-bond donors (Lipinski definition) is 2. The van der Waals surface area contributed by atoms with E-state index in [0.29, 0.717) is 12.8 Å². The summed E-state index contributed by atoms with van der Waals surface area (Å²) < 4.78 is 5.20. The van der Waals surface area contributed by atoms with Crippen LogP contribution in [0.15, 0.2) is 54.6 Å². The van der Waals surface area contributed by atoms with Crippen molar-refractivity contribution in [1.29, 1.82) is 0 Å². The van der Waals surface area contributed by atoms with E-state index in [4.69, 9.17) is 4.74 Å². The number of benzene rings is 2. The number of carbonyl (C=O) groups is 3. The minimum absolute atomic E-state index is 0.228. The SMILES string of the molecule is CCOC(=O)C(CCc1ccccc1)N[C@H](C)C(=O)N1Cc2ccccc2CC1C(=O)O. The number of nitrogens with one attached hydrogen (secondary N) is 1. The first-order valence-electron chi connectivity index (χ1n) is 11.0. The molecule has 1 aliphatic heterocycles. The Hall–Kier alpha value is -3.19. The Labute approximate surface area is 188 Å². The fourth-order valence-corrected chi connectivity index (χ4v) is 4.06. The van der Waals surface area contributed by atoms with Crippen LogP contribution < -0.4 is 5.32 Å². The van der Waals surface area contributed by atoms with Gasteiger partial charge in [0.25, 0.3) is 0 Å². The number of hydrogen-bond acceptors (Lipinski definition) is 5. The second-order valence-electron chi connectivity index (χ2n) is 8.01. The monoisotopic (exact) mass is 438 g/mol. The minimum Gasteiger partial charge on any atom is -0.480 e. The molecule has 1 amide bonds. The van der Waals surface area contributed by atoms with Crippen LogP contribution in [0.2, 0.25) is 0 Å². The summed E-state index contributed by atoms with van der Waals surface area (Å²) in [6.45, 7) is 3.88. The van der Waals surface area contributed by atoms with Crippen LogP contribution in [0.1, 0.15) is 37.0 Å². The van der Waals surface area contributed by atoms with Crippen molar-refractivity contribution in [2.24, 2.45) is 0 Å². The molecule has 2 N–H and O–H groups in total. The summed E-state index contributed by atoms with van der Waals surface area (Å²) in [5.74, 6) is -1.80. The van der Waals surface area contributed by atoms with E-state index in [0.717, 1.165) is 16.7 Å². The predicted molar refractivity (Wildman–Crippen MR) is 120 cm³/mol. The molecule has 2 aromatic carbocycles. The summed E-state index contributed by atoms with van der Waals surface area (Å²) in [7, 11) is 0. The van der Waals surface area contributed by atoms with Crippen molar-refractivity contribution in [3.63, 3.8) is 0 Å². The van der Waals surface area contributed by atoms with Crippen LogP contribution in [-0.4, -0.2) is 52.6 Å². The third-order valence-corrected chi connectivity index (χ3v) is 5.77. The van der Waals surface area contributed by atoms with Gasteiger partial charge < -0.3 is 14.7 Å². The number of aryl methyl sites for hydroxylation is 1.